The minimum atomic E-state index is -0.112. The molecule has 3 aromatic rings. The van der Waals surface area contributed by atoms with Gasteiger partial charge >= 0.3 is 0 Å². The smallest absolute Gasteiger partial charge is 0.276 e. The van der Waals surface area contributed by atoms with Gasteiger partial charge in [-0.2, -0.15) is 5.10 Å². The zero-order valence-electron chi connectivity index (χ0n) is 9.95. The molecule has 1 aromatic carbocycles. The minimum absolute atomic E-state index is 0.112. The average molecular weight is 275 g/mol. The second-order valence-electron chi connectivity index (χ2n) is 4.24. The predicted octanol–water partition coefficient (Wildman–Crippen LogP) is 1.78. The lowest BCUT2D eigenvalue weighted by molar-refractivity contribution is 0.744. The Morgan fingerprint density at radius 1 is 1.26 bits per heavy atom. The molecule has 0 saturated heterocycles. The van der Waals surface area contributed by atoms with Gasteiger partial charge in [-0.1, -0.05) is 11.6 Å². The predicted molar refractivity (Wildman–Crippen MR) is 74.4 cm³/mol. The summed E-state index contributed by atoms with van der Waals surface area (Å²) in [6, 6.07) is 6.91. The average Bonchev–Trinajstić information content (AvgIpc) is 2.86. The van der Waals surface area contributed by atoms with Crippen molar-refractivity contribution < 1.29 is 0 Å². The van der Waals surface area contributed by atoms with Crippen LogP contribution in [0.15, 0.2) is 47.7 Å². The molecule has 0 unspecified atom stereocenters. The molecule has 0 fully saturated rings. The summed E-state index contributed by atoms with van der Waals surface area (Å²) < 4.78 is 3.12. The monoisotopic (exact) mass is 274 g/mol. The molecular weight excluding hydrogens is 264 g/mol. The fraction of sp³-hybridized carbons (Fsp3) is 0.0769. The van der Waals surface area contributed by atoms with Crippen LogP contribution in [0.1, 0.15) is 5.56 Å². The Morgan fingerprint density at radius 2 is 2.11 bits per heavy atom. The summed E-state index contributed by atoms with van der Waals surface area (Å²) in [4.78, 5) is 12.2. The van der Waals surface area contributed by atoms with Crippen molar-refractivity contribution in [1.82, 2.24) is 14.2 Å². The number of hydrogen-bond donors (Lipinski definition) is 1. The van der Waals surface area contributed by atoms with E-state index in [4.69, 9.17) is 17.3 Å². The van der Waals surface area contributed by atoms with Crippen LogP contribution in [0.3, 0.4) is 0 Å². The Kier molecular flexibility index (Phi) is 2.76. The third-order valence-corrected chi connectivity index (χ3v) is 3.22. The number of aromatic nitrogens is 3. The first-order valence-electron chi connectivity index (χ1n) is 5.72. The second-order valence-corrected chi connectivity index (χ2v) is 4.67. The molecular formula is C13H11ClN4O. The molecule has 2 aromatic heterocycles. The van der Waals surface area contributed by atoms with E-state index < -0.39 is 0 Å². The van der Waals surface area contributed by atoms with Gasteiger partial charge in [-0.25, -0.2) is 4.52 Å². The largest absolute Gasteiger partial charge is 0.398 e. The highest BCUT2D eigenvalue weighted by Crippen LogP contribution is 2.18. The lowest BCUT2D eigenvalue weighted by Crippen LogP contribution is -2.22. The van der Waals surface area contributed by atoms with Crippen LogP contribution in [0.5, 0.6) is 0 Å². The van der Waals surface area contributed by atoms with Gasteiger partial charge < -0.3 is 10.3 Å². The summed E-state index contributed by atoms with van der Waals surface area (Å²) in [7, 11) is 0. The number of rotatable bonds is 2. The van der Waals surface area contributed by atoms with Crippen molar-refractivity contribution in [3.63, 3.8) is 0 Å². The van der Waals surface area contributed by atoms with Crippen molar-refractivity contribution in [2.24, 2.45) is 0 Å². The van der Waals surface area contributed by atoms with Gasteiger partial charge in [0.1, 0.15) is 5.52 Å². The van der Waals surface area contributed by atoms with Crippen molar-refractivity contribution in [2.45, 2.75) is 6.54 Å². The second kappa shape index (κ2) is 4.44. The Hall–Kier alpha value is -2.27. The Labute approximate surface area is 113 Å². The van der Waals surface area contributed by atoms with Crippen LogP contribution >= 0.6 is 11.6 Å². The van der Waals surface area contributed by atoms with Crippen LogP contribution < -0.4 is 11.3 Å². The van der Waals surface area contributed by atoms with E-state index >= 15 is 0 Å². The van der Waals surface area contributed by atoms with Gasteiger partial charge in [0, 0.05) is 23.1 Å². The van der Waals surface area contributed by atoms with Crippen LogP contribution in [-0.4, -0.2) is 14.2 Å². The number of nitrogen functional groups attached to an aromatic ring is 1. The van der Waals surface area contributed by atoms with E-state index in [1.54, 1.807) is 51.9 Å². The number of fused-ring (bicyclic) bond motifs is 1. The maximum absolute atomic E-state index is 12.2. The highest BCUT2D eigenvalue weighted by molar-refractivity contribution is 6.30. The molecule has 2 heterocycles. The molecule has 6 heteroatoms. The molecule has 2 N–H and O–H groups in total. The molecule has 0 aliphatic carbocycles. The molecule has 96 valence electrons. The normalized spacial score (nSPS) is 11.0. The summed E-state index contributed by atoms with van der Waals surface area (Å²) >= 11 is 5.94. The van der Waals surface area contributed by atoms with Gasteiger partial charge in [0.25, 0.3) is 5.56 Å². The summed E-state index contributed by atoms with van der Waals surface area (Å²) in [6.45, 7) is 0.382. The number of halogens is 1. The van der Waals surface area contributed by atoms with Gasteiger partial charge in [0.05, 0.1) is 12.7 Å². The van der Waals surface area contributed by atoms with Gasteiger partial charge in [0.15, 0.2) is 0 Å². The zero-order chi connectivity index (χ0) is 13.4. The van der Waals surface area contributed by atoms with E-state index in [0.29, 0.717) is 22.8 Å². The molecule has 19 heavy (non-hydrogen) atoms. The lowest BCUT2D eigenvalue weighted by Gasteiger charge is -2.09. The quantitative estimate of drug-likeness (QED) is 0.725. The number of anilines is 1. The zero-order valence-corrected chi connectivity index (χ0v) is 10.7. The van der Waals surface area contributed by atoms with Crippen LogP contribution in [-0.2, 0) is 6.54 Å². The summed E-state index contributed by atoms with van der Waals surface area (Å²) in [6.07, 6.45) is 5.01. The van der Waals surface area contributed by atoms with Gasteiger partial charge in [-0.3, -0.25) is 4.79 Å². The third kappa shape index (κ3) is 2.08. The summed E-state index contributed by atoms with van der Waals surface area (Å²) in [5, 5.41) is 4.62. The number of benzene rings is 1. The topological polar surface area (TPSA) is 65.3 Å². The van der Waals surface area contributed by atoms with Crippen molar-refractivity contribution in [3.05, 3.63) is 63.8 Å². The van der Waals surface area contributed by atoms with Crippen molar-refractivity contribution in [1.29, 1.82) is 0 Å². The van der Waals surface area contributed by atoms with Crippen LogP contribution in [0.2, 0.25) is 5.02 Å². The van der Waals surface area contributed by atoms with Gasteiger partial charge in [-0.05, 0) is 29.8 Å². The molecule has 0 amide bonds. The highest BCUT2D eigenvalue weighted by Gasteiger charge is 2.06. The van der Waals surface area contributed by atoms with Crippen molar-refractivity contribution >= 4 is 22.8 Å². The fourth-order valence-electron chi connectivity index (χ4n) is 1.98. The number of hydrogen-bond acceptors (Lipinski definition) is 3. The van der Waals surface area contributed by atoms with E-state index in [0.717, 1.165) is 5.56 Å². The van der Waals surface area contributed by atoms with Gasteiger partial charge in [-0.15, -0.1) is 0 Å². The molecule has 0 radical (unpaired) electrons. The van der Waals surface area contributed by atoms with E-state index in [2.05, 4.69) is 5.10 Å². The molecule has 0 saturated carbocycles. The maximum atomic E-state index is 12.2. The van der Waals surface area contributed by atoms with Gasteiger partial charge in [0.2, 0.25) is 0 Å². The molecule has 0 spiro atoms. The molecule has 0 aliphatic heterocycles. The van der Waals surface area contributed by atoms with Crippen LogP contribution in [0.4, 0.5) is 5.69 Å². The fourth-order valence-corrected chi connectivity index (χ4v) is 2.17. The summed E-state index contributed by atoms with van der Waals surface area (Å²) in [5.74, 6) is 0. The van der Waals surface area contributed by atoms with E-state index in [1.807, 2.05) is 0 Å². The highest BCUT2D eigenvalue weighted by atomic mass is 35.5. The van der Waals surface area contributed by atoms with E-state index in [1.165, 1.54) is 0 Å². The SMILES string of the molecule is Nc1ccc(Cl)cc1Cn1ccn2nccc2c1=O. The minimum Gasteiger partial charge on any atom is -0.398 e. The maximum Gasteiger partial charge on any atom is 0.276 e. The van der Waals surface area contributed by atoms with Crippen LogP contribution in [0, 0.1) is 0 Å². The molecule has 3 rings (SSSR count). The third-order valence-electron chi connectivity index (χ3n) is 2.98. The lowest BCUT2D eigenvalue weighted by atomic mass is 10.2. The number of nitrogens with two attached hydrogens (primary N) is 1. The Balaban J connectivity index is 2.08. The summed E-state index contributed by atoms with van der Waals surface area (Å²) in [5.41, 5.74) is 7.74. The molecule has 0 bridgehead atoms. The van der Waals surface area contributed by atoms with Crippen LogP contribution in [0.25, 0.3) is 5.52 Å². The molecule has 0 atom stereocenters. The van der Waals surface area contributed by atoms with E-state index in [9.17, 15) is 4.79 Å². The standard InChI is InChI=1S/C13H11ClN4O/c14-10-1-2-11(15)9(7-10)8-17-5-6-18-12(13(17)19)3-4-16-18/h1-7H,8,15H2. The molecule has 0 aliphatic rings. The Morgan fingerprint density at radius 3 is 2.95 bits per heavy atom. The Bertz CT molecular complexity index is 806. The first-order valence-corrected chi connectivity index (χ1v) is 6.09. The first kappa shape index (κ1) is 11.8. The number of nitrogens with zero attached hydrogens (tertiary/aromatic N) is 3. The van der Waals surface area contributed by atoms with E-state index in [-0.39, 0.29) is 5.56 Å². The van der Waals surface area contributed by atoms with Crippen molar-refractivity contribution in [3.8, 4) is 0 Å². The first-order chi connectivity index (χ1) is 9.15. The molecule has 5 nitrogen and oxygen atoms in total. The van der Waals surface area contributed by atoms with Crippen molar-refractivity contribution in [2.75, 3.05) is 5.73 Å².